The van der Waals surface area contributed by atoms with E-state index in [1.807, 2.05) is 24.3 Å². The van der Waals surface area contributed by atoms with Crippen molar-refractivity contribution in [3.05, 3.63) is 64.1 Å². The Morgan fingerprint density at radius 1 is 1.08 bits per heavy atom. The molecular weight excluding hydrogens is 334 g/mol. The van der Waals surface area contributed by atoms with E-state index in [0.717, 1.165) is 11.3 Å². The van der Waals surface area contributed by atoms with Gasteiger partial charge in [-0.15, -0.1) is 0 Å². The highest BCUT2D eigenvalue weighted by Gasteiger charge is 2.13. The van der Waals surface area contributed by atoms with Crippen molar-refractivity contribution >= 4 is 16.7 Å². The molecule has 26 heavy (non-hydrogen) atoms. The largest absolute Gasteiger partial charge is 0.486 e. The van der Waals surface area contributed by atoms with E-state index in [2.05, 4.69) is 15.5 Å². The first-order chi connectivity index (χ1) is 12.7. The number of nitrogens with zero attached hydrogens (tertiary/aromatic N) is 1. The highest BCUT2D eigenvalue weighted by Crippen LogP contribution is 2.30. The molecule has 7 heteroatoms. The second kappa shape index (κ2) is 6.87. The van der Waals surface area contributed by atoms with E-state index in [1.54, 1.807) is 18.2 Å². The summed E-state index contributed by atoms with van der Waals surface area (Å²) in [6.45, 7) is 1.44. The summed E-state index contributed by atoms with van der Waals surface area (Å²) in [5.74, 6) is 1.23. The van der Waals surface area contributed by atoms with Crippen LogP contribution in [0.2, 0.25) is 0 Å². The van der Waals surface area contributed by atoms with Gasteiger partial charge in [-0.05, 0) is 23.8 Å². The Morgan fingerprint density at radius 2 is 1.85 bits per heavy atom. The number of carbonyl (C=O) groups excluding carboxylic acids is 1. The number of benzene rings is 2. The average Bonchev–Trinajstić information content (AvgIpc) is 2.68. The molecule has 1 aliphatic heterocycles. The molecule has 2 heterocycles. The summed E-state index contributed by atoms with van der Waals surface area (Å²) in [7, 11) is 0. The van der Waals surface area contributed by atoms with E-state index in [1.165, 1.54) is 0 Å². The Bertz CT molecular complexity index is 1030. The first kappa shape index (κ1) is 16.1. The maximum absolute atomic E-state index is 12.3. The van der Waals surface area contributed by atoms with Crippen LogP contribution < -0.4 is 20.3 Å². The molecule has 132 valence electrons. The molecule has 0 fully saturated rings. The van der Waals surface area contributed by atoms with Gasteiger partial charge in [-0.2, -0.15) is 5.10 Å². The SMILES string of the molecule is O=C(Cc1n[nH]c(=O)c2ccccc12)NCc1ccc2c(c1)OCCO2. The van der Waals surface area contributed by atoms with Crippen molar-refractivity contribution in [1.29, 1.82) is 0 Å². The third-order valence-electron chi connectivity index (χ3n) is 4.20. The molecule has 0 radical (unpaired) electrons. The van der Waals surface area contributed by atoms with Crippen molar-refractivity contribution in [2.45, 2.75) is 13.0 Å². The Balaban J connectivity index is 1.45. The van der Waals surface area contributed by atoms with Crippen LogP contribution in [0.25, 0.3) is 10.8 Å². The van der Waals surface area contributed by atoms with Crippen LogP contribution in [-0.4, -0.2) is 29.3 Å². The number of hydrogen-bond donors (Lipinski definition) is 2. The van der Waals surface area contributed by atoms with E-state index in [4.69, 9.17) is 9.47 Å². The highest BCUT2D eigenvalue weighted by molar-refractivity contribution is 5.88. The molecule has 1 aliphatic rings. The topological polar surface area (TPSA) is 93.3 Å². The van der Waals surface area contributed by atoms with Gasteiger partial charge >= 0.3 is 0 Å². The molecule has 0 bridgehead atoms. The zero-order valence-corrected chi connectivity index (χ0v) is 14.0. The van der Waals surface area contributed by atoms with Crippen LogP contribution in [0.3, 0.4) is 0 Å². The zero-order chi connectivity index (χ0) is 17.9. The van der Waals surface area contributed by atoms with Crippen molar-refractivity contribution in [2.75, 3.05) is 13.2 Å². The van der Waals surface area contributed by atoms with Crippen molar-refractivity contribution in [3.63, 3.8) is 0 Å². The monoisotopic (exact) mass is 351 g/mol. The first-order valence-electron chi connectivity index (χ1n) is 8.32. The number of carbonyl (C=O) groups is 1. The van der Waals surface area contributed by atoms with Crippen LogP contribution in [0.1, 0.15) is 11.3 Å². The van der Waals surface area contributed by atoms with E-state index in [9.17, 15) is 9.59 Å². The Hall–Kier alpha value is -3.35. The molecule has 0 spiro atoms. The van der Waals surface area contributed by atoms with Gasteiger partial charge < -0.3 is 14.8 Å². The van der Waals surface area contributed by atoms with Gasteiger partial charge in [0, 0.05) is 11.9 Å². The van der Waals surface area contributed by atoms with Crippen molar-refractivity contribution < 1.29 is 14.3 Å². The number of aromatic amines is 1. The van der Waals surface area contributed by atoms with Crippen LogP contribution in [0.15, 0.2) is 47.3 Å². The van der Waals surface area contributed by atoms with Gasteiger partial charge in [0.1, 0.15) is 13.2 Å². The first-order valence-corrected chi connectivity index (χ1v) is 8.32. The lowest BCUT2D eigenvalue weighted by Crippen LogP contribution is -2.26. The Kier molecular flexibility index (Phi) is 4.27. The quantitative estimate of drug-likeness (QED) is 0.744. The Morgan fingerprint density at radius 3 is 2.69 bits per heavy atom. The zero-order valence-electron chi connectivity index (χ0n) is 14.0. The minimum atomic E-state index is -0.263. The van der Waals surface area contributed by atoms with E-state index in [-0.39, 0.29) is 17.9 Å². The van der Waals surface area contributed by atoms with Crippen molar-refractivity contribution in [1.82, 2.24) is 15.5 Å². The average molecular weight is 351 g/mol. The van der Waals surface area contributed by atoms with Crippen LogP contribution in [0.5, 0.6) is 11.5 Å². The van der Waals surface area contributed by atoms with Gasteiger partial charge in [-0.25, -0.2) is 5.10 Å². The molecule has 4 rings (SSSR count). The summed E-state index contributed by atoms with van der Waals surface area (Å²) in [6, 6.07) is 12.7. The van der Waals surface area contributed by atoms with Crippen LogP contribution in [0.4, 0.5) is 0 Å². The molecule has 0 saturated carbocycles. The second-order valence-corrected chi connectivity index (χ2v) is 5.98. The molecular formula is C19H17N3O4. The van der Waals surface area contributed by atoms with E-state index in [0.29, 0.717) is 42.0 Å². The number of nitrogens with one attached hydrogen (secondary N) is 2. The van der Waals surface area contributed by atoms with Gasteiger partial charge in [0.05, 0.1) is 17.5 Å². The summed E-state index contributed by atoms with van der Waals surface area (Å²) in [6.07, 6.45) is 0.0852. The van der Waals surface area contributed by atoms with Gasteiger partial charge in [0.2, 0.25) is 5.91 Å². The fourth-order valence-corrected chi connectivity index (χ4v) is 2.92. The third-order valence-corrected chi connectivity index (χ3v) is 4.20. The van der Waals surface area contributed by atoms with Gasteiger partial charge in [-0.3, -0.25) is 9.59 Å². The lowest BCUT2D eigenvalue weighted by atomic mass is 10.1. The van der Waals surface area contributed by atoms with Crippen molar-refractivity contribution in [2.24, 2.45) is 0 Å². The maximum atomic E-state index is 12.3. The lowest BCUT2D eigenvalue weighted by molar-refractivity contribution is -0.120. The molecule has 1 aromatic heterocycles. The number of amides is 1. The van der Waals surface area contributed by atoms with Gasteiger partial charge in [0.15, 0.2) is 11.5 Å². The third kappa shape index (κ3) is 3.23. The summed E-state index contributed by atoms with van der Waals surface area (Å²) >= 11 is 0. The minimum absolute atomic E-state index is 0.0852. The Labute approximate surface area is 148 Å². The highest BCUT2D eigenvalue weighted by atomic mass is 16.6. The molecule has 2 aromatic carbocycles. The number of hydrogen-bond acceptors (Lipinski definition) is 5. The normalized spacial score (nSPS) is 12.8. The number of H-pyrrole nitrogens is 1. The van der Waals surface area contributed by atoms with E-state index >= 15 is 0 Å². The molecule has 1 amide bonds. The summed E-state index contributed by atoms with van der Waals surface area (Å²) in [4.78, 5) is 24.1. The number of fused-ring (bicyclic) bond motifs is 2. The fourth-order valence-electron chi connectivity index (χ4n) is 2.92. The lowest BCUT2D eigenvalue weighted by Gasteiger charge is -2.19. The van der Waals surface area contributed by atoms with Gasteiger partial charge in [0.25, 0.3) is 5.56 Å². The maximum Gasteiger partial charge on any atom is 0.272 e. The molecule has 7 nitrogen and oxygen atoms in total. The molecule has 0 unspecified atom stereocenters. The second-order valence-electron chi connectivity index (χ2n) is 5.98. The molecule has 0 aliphatic carbocycles. The van der Waals surface area contributed by atoms with E-state index < -0.39 is 0 Å². The number of aromatic nitrogens is 2. The molecule has 2 N–H and O–H groups in total. The van der Waals surface area contributed by atoms with Crippen LogP contribution in [0, 0.1) is 0 Å². The summed E-state index contributed by atoms with van der Waals surface area (Å²) < 4.78 is 11.0. The number of ether oxygens (including phenoxy) is 2. The van der Waals surface area contributed by atoms with Crippen molar-refractivity contribution in [3.8, 4) is 11.5 Å². The smallest absolute Gasteiger partial charge is 0.272 e. The number of rotatable bonds is 4. The molecule has 0 atom stereocenters. The predicted octanol–water partition coefficient (Wildman–Crippen LogP) is 1.55. The standard InChI is InChI=1S/C19H17N3O4/c23-18(10-15-13-3-1-2-4-14(13)19(24)22-21-15)20-11-12-5-6-16-17(9-12)26-8-7-25-16/h1-6,9H,7-8,10-11H2,(H,20,23)(H,22,24). The summed E-state index contributed by atoms with van der Waals surface area (Å²) in [5, 5.41) is 10.5. The molecule has 0 saturated heterocycles. The fraction of sp³-hybridized carbons (Fsp3) is 0.211. The van der Waals surface area contributed by atoms with Crippen LogP contribution >= 0.6 is 0 Å². The predicted molar refractivity (Wildman–Crippen MR) is 95.3 cm³/mol. The van der Waals surface area contributed by atoms with Crippen LogP contribution in [-0.2, 0) is 17.8 Å². The molecule has 3 aromatic rings. The minimum Gasteiger partial charge on any atom is -0.486 e. The summed E-state index contributed by atoms with van der Waals surface area (Å²) in [5.41, 5.74) is 1.20. The van der Waals surface area contributed by atoms with Gasteiger partial charge in [-0.1, -0.05) is 24.3 Å².